The van der Waals surface area contributed by atoms with Crippen LogP contribution in [-0.4, -0.2) is 29.5 Å². The largest absolute Gasteiger partial charge is 0.497 e. The van der Waals surface area contributed by atoms with E-state index in [1.807, 2.05) is 19.1 Å². The number of hydrogen-bond donors (Lipinski definition) is 1. The summed E-state index contributed by atoms with van der Waals surface area (Å²) in [5, 5.41) is 12.4. The molecule has 180 valence electrons. The van der Waals surface area contributed by atoms with Gasteiger partial charge in [-0.2, -0.15) is 10.2 Å². The summed E-state index contributed by atoms with van der Waals surface area (Å²) in [6, 6.07) is 18.9. The van der Waals surface area contributed by atoms with E-state index in [-0.39, 0.29) is 17.0 Å². The monoisotopic (exact) mass is 482 g/mol. The highest BCUT2D eigenvalue weighted by Crippen LogP contribution is 2.27. The fourth-order valence-electron chi connectivity index (χ4n) is 3.48. The number of carbonyl (C=O) groups excluding carboxylic acids is 1. The van der Waals surface area contributed by atoms with Crippen LogP contribution in [0.3, 0.4) is 0 Å². The summed E-state index contributed by atoms with van der Waals surface area (Å²) < 4.78 is 17.7. The van der Waals surface area contributed by atoms with Gasteiger partial charge >= 0.3 is 0 Å². The highest BCUT2D eigenvalue weighted by molar-refractivity contribution is 6.10. The van der Waals surface area contributed by atoms with Gasteiger partial charge in [-0.1, -0.05) is 18.2 Å². The number of anilines is 1. The van der Waals surface area contributed by atoms with Gasteiger partial charge in [0.2, 0.25) is 5.88 Å². The van der Waals surface area contributed by atoms with Crippen molar-refractivity contribution in [3.63, 3.8) is 0 Å². The Labute approximate surface area is 206 Å². The molecule has 36 heavy (non-hydrogen) atoms. The van der Waals surface area contributed by atoms with Gasteiger partial charge in [0.25, 0.3) is 11.5 Å². The molecule has 0 bridgehead atoms. The number of nitrogens with one attached hydrogen (secondary N) is 1. The Morgan fingerprint density at radius 3 is 2.44 bits per heavy atom. The second-order valence-electron chi connectivity index (χ2n) is 7.62. The molecular weight excluding hydrogens is 460 g/mol. The number of aryl methyl sites for hydroxylation is 1. The van der Waals surface area contributed by atoms with Gasteiger partial charge in [-0.05, 0) is 61.0 Å². The van der Waals surface area contributed by atoms with E-state index in [2.05, 4.69) is 10.3 Å². The molecule has 0 fully saturated rings. The van der Waals surface area contributed by atoms with Gasteiger partial charge < -0.3 is 19.5 Å². The number of pyridine rings is 1. The third kappa shape index (κ3) is 4.88. The summed E-state index contributed by atoms with van der Waals surface area (Å²) in [5.74, 6) is 0.690. The van der Waals surface area contributed by atoms with Crippen LogP contribution in [0.4, 0.5) is 5.69 Å². The maximum absolute atomic E-state index is 13.4. The Morgan fingerprint density at radius 1 is 1.03 bits per heavy atom. The smallest absolute Gasteiger partial charge is 0.269 e. The minimum atomic E-state index is -0.717. The van der Waals surface area contributed by atoms with Crippen LogP contribution in [0.25, 0.3) is 11.7 Å². The molecule has 0 saturated heterocycles. The maximum atomic E-state index is 13.4. The van der Waals surface area contributed by atoms with Gasteiger partial charge in [-0.25, -0.2) is 0 Å². The molecule has 0 radical (unpaired) electrons. The van der Waals surface area contributed by atoms with Gasteiger partial charge in [-0.3, -0.25) is 14.0 Å². The first-order chi connectivity index (χ1) is 17.4. The maximum Gasteiger partial charge on any atom is 0.269 e. The molecule has 0 spiro atoms. The van der Waals surface area contributed by atoms with Gasteiger partial charge in [0.1, 0.15) is 40.1 Å². The normalized spacial score (nSPS) is 11.0. The summed E-state index contributed by atoms with van der Waals surface area (Å²) in [6.45, 7) is 1.82. The van der Waals surface area contributed by atoms with Crippen molar-refractivity contribution in [2.75, 3.05) is 19.5 Å². The highest BCUT2D eigenvalue weighted by atomic mass is 16.5. The number of nitriles is 1. The van der Waals surface area contributed by atoms with E-state index in [1.165, 1.54) is 17.6 Å². The quantitative estimate of drug-likeness (QED) is 0.307. The van der Waals surface area contributed by atoms with Crippen LogP contribution in [0.1, 0.15) is 11.1 Å². The lowest BCUT2D eigenvalue weighted by molar-refractivity contribution is -0.112. The van der Waals surface area contributed by atoms with Crippen molar-refractivity contribution in [2.45, 2.75) is 6.92 Å². The van der Waals surface area contributed by atoms with Gasteiger partial charge in [0.15, 0.2) is 0 Å². The summed E-state index contributed by atoms with van der Waals surface area (Å²) in [7, 11) is 3.02. The van der Waals surface area contributed by atoms with Crippen LogP contribution < -0.4 is 25.1 Å². The van der Waals surface area contributed by atoms with E-state index in [1.54, 1.807) is 67.9 Å². The summed E-state index contributed by atoms with van der Waals surface area (Å²) in [4.78, 5) is 30.9. The molecule has 1 N–H and O–H groups in total. The molecule has 4 aromatic rings. The van der Waals surface area contributed by atoms with Crippen molar-refractivity contribution in [1.82, 2.24) is 9.38 Å². The lowest BCUT2D eigenvalue weighted by Gasteiger charge is -2.12. The first-order valence-corrected chi connectivity index (χ1v) is 10.8. The molecule has 4 rings (SSSR count). The predicted octanol–water partition coefficient (Wildman–Crippen LogP) is 4.36. The number of nitrogens with zero attached hydrogens (tertiary/aromatic N) is 3. The van der Waals surface area contributed by atoms with Gasteiger partial charge in [0.05, 0.1) is 19.9 Å². The van der Waals surface area contributed by atoms with Crippen LogP contribution in [0, 0.1) is 18.3 Å². The van der Waals surface area contributed by atoms with Gasteiger partial charge in [-0.15, -0.1) is 0 Å². The first kappa shape index (κ1) is 24.0. The number of carbonyl (C=O) groups is 1. The molecule has 9 nitrogen and oxygen atoms in total. The standard InChI is InChI=1S/C27H22N4O5/c1-17-7-6-14-31-24(17)30-26(36-20-12-10-19(34-2)11-13-20)21(27(31)33)15-18(16-28)25(32)29-22-8-4-5-9-23(22)35-3/h4-15H,1-3H3,(H,29,32)/b18-15-. The average molecular weight is 482 g/mol. The van der Waals surface area contributed by atoms with E-state index in [4.69, 9.17) is 14.2 Å². The zero-order chi connectivity index (χ0) is 25.7. The number of para-hydroxylation sites is 2. The molecule has 9 heteroatoms. The topological polar surface area (TPSA) is 115 Å². The molecule has 1 amide bonds. The second kappa shape index (κ2) is 10.4. The molecule has 0 aliphatic rings. The van der Waals surface area contributed by atoms with Gasteiger partial charge in [0, 0.05) is 6.20 Å². The summed E-state index contributed by atoms with van der Waals surface area (Å²) >= 11 is 0. The second-order valence-corrected chi connectivity index (χ2v) is 7.62. The summed E-state index contributed by atoms with van der Waals surface area (Å²) in [6.07, 6.45) is 2.74. The van der Waals surface area contributed by atoms with E-state index >= 15 is 0 Å². The number of methoxy groups -OCH3 is 2. The Balaban J connectivity index is 1.82. The Morgan fingerprint density at radius 2 is 1.75 bits per heavy atom. The van der Waals surface area contributed by atoms with Crippen LogP contribution in [0.15, 0.2) is 77.2 Å². The average Bonchev–Trinajstić information content (AvgIpc) is 2.90. The Kier molecular flexibility index (Phi) is 6.97. The number of aromatic nitrogens is 2. The molecule has 2 aromatic carbocycles. The zero-order valence-electron chi connectivity index (χ0n) is 19.8. The van der Waals surface area contributed by atoms with Crippen molar-refractivity contribution < 1.29 is 19.0 Å². The van der Waals surface area contributed by atoms with E-state index in [0.29, 0.717) is 28.6 Å². The van der Waals surface area contributed by atoms with Crippen molar-refractivity contribution in [3.05, 3.63) is 93.9 Å². The number of fused-ring (bicyclic) bond motifs is 1. The molecular formula is C27H22N4O5. The SMILES string of the molecule is COc1ccc(Oc2nc3c(C)cccn3c(=O)c2/C=C(/C#N)C(=O)Nc2ccccc2OC)cc1. The van der Waals surface area contributed by atoms with Crippen LogP contribution in [-0.2, 0) is 4.79 Å². The molecule has 0 unspecified atom stereocenters. The van der Waals surface area contributed by atoms with Crippen molar-refractivity contribution >= 4 is 23.3 Å². The van der Waals surface area contributed by atoms with E-state index in [9.17, 15) is 14.9 Å². The number of rotatable bonds is 7. The molecule has 0 atom stereocenters. The van der Waals surface area contributed by atoms with Crippen molar-refractivity contribution in [2.24, 2.45) is 0 Å². The number of ether oxygens (including phenoxy) is 3. The molecule has 0 aliphatic heterocycles. The molecule has 2 heterocycles. The fraction of sp³-hybridized carbons (Fsp3) is 0.111. The van der Waals surface area contributed by atoms with Crippen molar-refractivity contribution in [3.8, 4) is 29.2 Å². The predicted molar refractivity (Wildman–Crippen MR) is 134 cm³/mol. The summed E-state index contributed by atoms with van der Waals surface area (Å²) in [5.41, 5.74) is 0.654. The number of amides is 1. The highest BCUT2D eigenvalue weighted by Gasteiger charge is 2.19. The number of benzene rings is 2. The molecule has 0 saturated carbocycles. The minimum absolute atomic E-state index is 0.0442. The first-order valence-electron chi connectivity index (χ1n) is 10.8. The third-order valence-electron chi connectivity index (χ3n) is 5.33. The Hall–Kier alpha value is -5.10. The minimum Gasteiger partial charge on any atom is -0.497 e. The molecule has 2 aromatic heterocycles. The molecule has 0 aliphatic carbocycles. The van der Waals surface area contributed by atoms with E-state index in [0.717, 1.165) is 5.56 Å². The third-order valence-corrected chi connectivity index (χ3v) is 5.33. The lowest BCUT2D eigenvalue weighted by atomic mass is 10.1. The Bertz CT molecular complexity index is 1570. The van der Waals surface area contributed by atoms with Crippen molar-refractivity contribution in [1.29, 1.82) is 5.26 Å². The van der Waals surface area contributed by atoms with Crippen LogP contribution >= 0.6 is 0 Å². The van der Waals surface area contributed by atoms with E-state index < -0.39 is 11.5 Å². The zero-order valence-corrected chi connectivity index (χ0v) is 19.8. The van der Waals surface area contributed by atoms with Crippen LogP contribution in [0.2, 0.25) is 0 Å². The fourth-order valence-corrected chi connectivity index (χ4v) is 3.48. The lowest BCUT2D eigenvalue weighted by Crippen LogP contribution is -2.20. The van der Waals surface area contributed by atoms with Crippen LogP contribution in [0.5, 0.6) is 23.1 Å². The number of hydrogen-bond acceptors (Lipinski definition) is 7.